The molecule has 0 spiro atoms. The Balaban J connectivity index is 1.62. The van der Waals surface area contributed by atoms with Crippen molar-refractivity contribution in [3.05, 3.63) is 87.4 Å². The molecule has 1 saturated heterocycles. The predicted octanol–water partition coefficient (Wildman–Crippen LogP) is 5.37. The molecule has 1 amide bonds. The van der Waals surface area contributed by atoms with E-state index in [1.807, 2.05) is 36.4 Å². The van der Waals surface area contributed by atoms with Gasteiger partial charge in [-0.2, -0.15) is 0 Å². The number of hydrogen-bond acceptors (Lipinski definition) is 10. The second-order valence-corrected chi connectivity index (χ2v) is 12.6. The number of ether oxygens (including phenoxy) is 3. The number of nitrogens with zero attached hydrogens (tertiary/aromatic N) is 4. The molecule has 0 aromatic heterocycles. The Labute approximate surface area is 296 Å². The number of halogens is 2. The molecule has 3 aromatic carbocycles. The Morgan fingerprint density at radius 1 is 1.00 bits per heavy atom. The number of piperidine rings is 1. The van der Waals surface area contributed by atoms with E-state index in [0.717, 1.165) is 11.1 Å². The molecule has 1 fully saturated rings. The number of oxime groups is 2. The zero-order chi connectivity index (χ0) is 35.6. The van der Waals surface area contributed by atoms with Crippen molar-refractivity contribution < 1.29 is 34.2 Å². The molecule has 1 aliphatic heterocycles. The SMILES string of the molecule is COc1cc(C(=O)N(C)C/C(=N\OC/C(N)=N/O)C(CCN2CCC(O)(c3ccccc3)CC2)c2ccc(Cl)c(Cl)c2)cc(OC)c1OC. The van der Waals surface area contributed by atoms with Crippen molar-refractivity contribution in [2.75, 3.05) is 61.2 Å². The number of hydrogen-bond donors (Lipinski definition) is 3. The smallest absolute Gasteiger partial charge is 0.254 e. The van der Waals surface area contributed by atoms with E-state index in [2.05, 4.69) is 15.2 Å². The number of methoxy groups -OCH3 is 3. The largest absolute Gasteiger partial charge is 0.493 e. The van der Waals surface area contributed by atoms with Gasteiger partial charge < -0.3 is 44.9 Å². The third kappa shape index (κ3) is 9.48. The monoisotopic (exact) mass is 715 g/mol. The number of benzene rings is 3. The second-order valence-electron chi connectivity index (χ2n) is 11.8. The summed E-state index contributed by atoms with van der Waals surface area (Å²) in [5.41, 5.74) is 7.30. The predicted molar refractivity (Wildman–Crippen MR) is 190 cm³/mol. The van der Waals surface area contributed by atoms with Crippen molar-refractivity contribution in [3.63, 3.8) is 0 Å². The van der Waals surface area contributed by atoms with Crippen molar-refractivity contribution in [1.82, 2.24) is 9.80 Å². The van der Waals surface area contributed by atoms with Gasteiger partial charge in [0.05, 0.1) is 49.2 Å². The standard InChI is InChI=1S/C35H43Cl2N5O7/c1-41(34(43)24-19-30(46-2)33(48-4)31(20-24)47-3)21-29(40-49-22-32(38)39-45)26(23-10-11-27(36)28(37)18-23)12-15-42-16-13-35(44,14-17-42)25-8-6-5-7-9-25/h5-11,18-20,26,44-45H,12-17,21-22H2,1-4H3,(H2,38,39)/b40-29+. The fraction of sp³-hybridized carbons (Fsp3) is 0.400. The molecule has 12 nitrogen and oxygen atoms in total. The summed E-state index contributed by atoms with van der Waals surface area (Å²) in [6.45, 7) is 1.80. The van der Waals surface area contributed by atoms with Gasteiger partial charge in [0.1, 0.15) is 0 Å². The lowest BCUT2D eigenvalue weighted by molar-refractivity contribution is -0.0261. The number of rotatable bonds is 15. The van der Waals surface area contributed by atoms with Crippen LogP contribution in [0.3, 0.4) is 0 Å². The number of nitrogens with two attached hydrogens (primary N) is 1. The van der Waals surface area contributed by atoms with Crippen molar-refractivity contribution in [3.8, 4) is 17.2 Å². The fourth-order valence-corrected chi connectivity index (χ4v) is 6.21. The first-order chi connectivity index (χ1) is 23.5. The van der Waals surface area contributed by atoms with E-state index in [1.54, 1.807) is 31.3 Å². The zero-order valence-corrected chi connectivity index (χ0v) is 29.6. The van der Waals surface area contributed by atoms with Crippen LogP contribution in [0.4, 0.5) is 0 Å². The third-order valence-electron chi connectivity index (χ3n) is 8.66. The number of likely N-dealkylation sites (tertiary alicyclic amines) is 1. The molecule has 0 bridgehead atoms. The quantitative estimate of drug-likeness (QED) is 0.0817. The van der Waals surface area contributed by atoms with Gasteiger partial charge >= 0.3 is 0 Å². The topological polar surface area (TPSA) is 152 Å². The molecule has 14 heteroatoms. The van der Waals surface area contributed by atoms with E-state index in [-0.39, 0.29) is 30.8 Å². The van der Waals surface area contributed by atoms with Gasteiger partial charge in [0, 0.05) is 31.6 Å². The lowest BCUT2D eigenvalue weighted by Crippen LogP contribution is -2.43. The Morgan fingerprint density at radius 3 is 2.22 bits per heavy atom. The van der Waals surface area contributed by atoms with Gasteiger partial charge in [-0.1, -0.05) is 69.9 Å². The lowest BCUT2D eigenvalue weighted by atomic mass is 9.84. The first-order valence-corrected chi connectivity index (χ1v) is 16.4. The van der Waals surface area contributed by atoms with Crippen molar-refractivity contribution >= 4 is 40.7 Å². The van der Waals surface area contributed by atoms with E-state index >= 15 is 0 Å². The molecule has 1 aliphatic rings. The Bertz CT molecular complexity index is 1610. The van der Waals surface area contributed by atoms with Crippen molar-refractivity contribution in [2.45, 2.75) is 30.8 Å². The minimum Gasteiger partial charge on any atom is -0.493 e. The van der Waals surface area contributed by atoms with E-state index in [4.69, 9.17) is 53.2 Å². The average Bonchev–Trinajstić information content (AvgIpc) is 3.12. The third-order valence-corrected chi connectivity index (χ3v) is 9.40. The summed E-state index contributed by atoms with van der Waals surface area (Å²) >= 11 is 12.8. The van der Waals surface area contributed by atoms with Crippen LogP contribution >= 0.6 is 23.2 Å². The van der Waals surface area contributed by atoms with Crippen molar-refractivity contribution in [1.29, 1.82) is 0 Å². The summed E-state index contributed by atoms with van der Waals surface area (Å²) in [7, 11) is 6.09. The maximum Gasteiger partial charge on any atom is 0.254 e. The fourth-order valence-electron chi connectivity index (χ4n) is 5.90. The zero-order valence-electron chi connectivity index (χ0n) is 28.1. The molecular formula is C35H43Cl2N5O7. The summed E-state index contributed by atoms with van der Waals surface area (Å²) < 4.78 is 16.3. The van der Waals surface area contributed by atoms with Crippen LogP contribution in [-0.4, -0.2) is 98.7 Å². The van der Waals surface area contributed by atoms with Gasteiger partial charge in [0.15, 0.2) is 23.9 Å². The summed E-state index contributed by atoms with van der Waals surface area (Å²) in [5.74, 6) is 0.144. The minimum atomic E-state index is -0.884. The second kappa shape index (κ2) is 17.4. The van der Waals surface area contributed by atoms with Gasteiger partial charge in [-0.15, -0.1) is 0 Å². The summed E-state index contributed by atoms with van der Waals surface area (Å²) in [4.78, 5) is 23.1. The molecule has 4 N–H and O–H groups in total. The highest BCUT2D eigenvalue weighted by Gasteiger charge is 2.34. The molecule has 1 atom stereocenters. The summed E-state index contributed by atoms with van der Waals surface area (Å²) in [5, 5.41) is 28.6. The lowest BCUT2D eigenvalue weighted by Gasteiger charge is -2.39. The maximum absolute atomic E-state index is 13.8. The van der Waals surface area contributed by atoms with E-state index < -0.39 is 5.60 Å². The number of carbonyl (C=O) groups is 1. The van der Waals surface area contributed by atoms with Crippen LogP contribution in [0.25, 0.3) is 0 Å². The normalized spacial score (nSPS) is 15.7. The van der Waals surface area contributed by atoms with Crippen molar-refractivity contribution in [2.24, 2.45) is 16.0 Å². The number of carbonyl (C=O) groups excluding carboxylic acids is 1. The molecule has 1 unspecified atom stereocenters. The van der Waals surface area contributed by atoms with Gasteiger partial charge in [-0.3, -0.25) is 4.79 Å². The molecular weight excluding hydrogens is 673 g/mol. The minimum absolute atomic E-state index is 0.0460. The molecule has 3 aromatic rings. The van der Waals surface area contributed by atoms with E-state index in [9.17, 15) is 9.90 Å². The van der Waals surface area contributed by atoms with Crippen LogP contribution in [0, 0.1) is 0 Å². The van der Waals surface area contributed by atoms with Crippen LogP contribution in [0.2, 0.25) is 10.0 Å². The molecule has 264 valence electrons. The van der Waals surface area contributed by atoms with E-state index in [0.29, 0.717) is 77.5 Å². The number of amidine groups is 1. The Morgan fingerprint density at radius 2 is 1.65 bits per heavy atom. The molecule has 0 radical (unpaired) electrons. The van der Waals surface area contributed by atoms with Gasteiger partial charge in [-0.25, -0.2) is 0 Å². The molecule has 0 aliphatic carbocycles. The first kappa shape index (κ1) is 37.6. The Hall–Kier alpha value is -4.23. The summed E-state index contributed by atoms with van der Waals surface area (Å²) in [6, 6.07) is 18.3. The number of amides is 1. The molecule has 4 rings (SSSR count). The van der Waals surface area contributed by atoms with Gasteiger partial charge in [-0.05, 0) is 61.2 Å². The van der Waals surface area contributed by atoms with Gasteiger partial charge in [0.2, 0.25) is 5.75 Å². The van der Waals surface area contributed by atoms with Crippen LogP contribution in [0.1, 0.15) is 46.7 Å². The van der Waals surface area contributed by atoms with Crippen LogP contribution in [0.15, 0.2) is 71.0 Å². The van der Waals surface area contributed by atoms with Crippen LogP contribution in [0.5, 0.6) is 17.2 Å². The maximum atomic E-state index is 13.8. The van der Waals surface area contributed by atoms with E-state index in [1.165, 1.54) is 26.2 Å². The highest BCUT2D eigenvalue weighted by molar-refractivity contribution is 6.42. The highest BCUT2D eigenvalue weighted by Crippen LogP contribution is 2.39. The van der Waals surface area contributed by atoms with Crippen LogP contribution < -0.4 is 19.9 Å². The first-order valence-electron chi connectivity index (χ1n) is 15.7. The number of aliphatic hydroxyl groups is 1. The Kier molecular flexibility index (Phi) is 13.4. The van der Waals surface area contributed by atoms with Gasteiger partial charge in [0.25, 0.3) is 5.91 Å². The van der Waals surface area contributed by atoms with Crippen LogP contribution in [-0.2, 0) is 10.4 Å². The highest BCUT2D eigenvalue weighted by atomic mass is 35.5. The molecule has 49 heavy (non-hydrogen) atoms. The average molecular weight is 717 g/mol. The molecule has 1 heterocycles. The summed E-state index contributed by atoms with van der Waals surface area (Å²) in [6.07, 6.45) is 1.74. The molecule has 0 saturated carbocycles.